The maximum atomic E-state index is 5.87. The van der Waals surface area contributed by atoms with E-state index in [1.807, 2.05) is 12.1 Å². The highest BCUT2D eigenvalue weighted by Gasteiger charge is 2.09. The van der Waals surface area contributed by atoms with Gasteiger partial charge in [0, 0.05) is 24.2 Å². The SMILES string of the molecule is COc1ccc(CNc2nc(Cl)cc(N)c2N)c(OC)c1. The molecule has 112 valence electrons. The van der Waals surface area contributed by atoms with Gasteiger partial charge in [0.1, 0.15) is 16.7 Å². The Morgan fingerprint density at radius 1 is 1.19 bits per heavy atom. The minimum Gasteiger partial charge on any atom is -0.497 e. The molecule has 2 rings (SSSR count). The van der Waals surface area contributed by atoms with Crippen LogP contribution in [0.4, 0.5) is 17.2 Å². The van der Waals surface area contributed by atoms with Crippen molar-refractivity contribution in [3.8, 4) is 11.5 Å². The predicted octanol–water partition coefficient (Wildman–Crippen LogP) is 2.53. The first kappa shape index (κ1) is 15.1. The molecular formula is C14H17ClN4O2. The Morgan fingerprint density at radius 2 is 1.95 bits per heavy atom. The van der Waals surface area contributed by atoms with E-state index in [9.17, 15) is 0 Å². The van der Waals surface area contributed by atoms with Gasteiger partial charge in [-0.3, -0.25) is 0 Å². The Bertz CT molecular complexity index is 649. The molecule has 0 atom stereocenters. The molecule has 1 heterocycles. The molecule has 21 heavy (non-hydrogen) atoms. The zero-order chi connectivity index (χ0) is 15.4. The van der Waals surface area contributed by atoms with Crippen LogP contribution in [0.5, 0.6) is 11.5 Å². The van der Waals surface area contributed by atoms with Crippen LogP contribution in [0.25, 0.3) is 0 Å². The number of methoxy groups -OCH3 is 2. The third-order valence-corrected chi connectivity index (χ3v) is 3.19. The number of nitrogens with two attached hydrogens (primary N) is 2. The van der Waals surface area contributed by atoms with Crippen LogP contribution in [0.15, 0.2) is 24.3 Å². The molecule has 0 fully saturated rings. The summed E-state index contributed by atoms with van der Waals surface area (Å²) in [6, 6.07) is 7.06. The monoisotopic (exact) mass is 308 g/mol. The largest absolute Gasteiger partial charge is 0.497 e. The van der Waals surface area contributed by atoms with Gasteiger partial charge in [0.2, 0.25) is 0 Å². The highest BCUT2D eigenvalue weighted by molar-refractivity contribution is 6.30. The summed E-state index contributed by atoms with van der Waals surface area (Å²) >= 11 is 5.87. The summed E-state index contributed by atoms with van der Waals surface area (Å²) in [6.07, 6.45) is 0. The van der Waals surface area contributed by atoms with Gasteiger partial charge in [0.25, 0.3) is 0 Å². The molecule has 0 amide bonds. The molecule has 0 saturated carbocycles. The molecule has 0 aliphatic heterocycles. The minimum absolute atomic E-state index is 0.283. The van der Waals surface area contributed by atoms with E-state index in [-0.39, 0.29) is 5.15 Å². The number of aromatic nitrogens is 1. The maximum Gasteiger partial charge on any atom is 0.153 e. The van der Waals surface area contributed by atoms with Crippen molar-refractivity contribution in [2.24, 2.45) is 0 Å². The van der Waals surface area contributed by atoms with Crippen molar-refractivity contribution in [3.63, 3.8) is 0 Å². The molecule has 0 aliphatic carbocycles. The fourth-order valence-corrected chi connectivity index (χ4v) is 2.06. The Labute approximate surface area is 128 Å². The predicted molar refractivity (Wildman–Crippen MR) is 84.9 cm³/mol. The molecule has 0 aliphatic rings. The topological polar surface area (TPSA) is 95.4 Å². The van der Waals surface area contributed by atoms with Gasteiger partial charge in [-0.1, -0.05) is 11.6 Å². The molecule has 2 aromatic rings. The van der Waals surface area contributed by atoms with Crippen molar-refractivity contribution in [1.29, 1.82) is 0 Å². The normalized spacial score (nSPS) is 10.2. The standard InChI is InChI=1S/C14H17ClN4O2/c1-20-9-4-3-8(11(5-9)21-2)7-18-14-13(17)10(16)6-12(15)19-14/h3-6H,7,17H2,1-2H3,(H3,16,18,19). The first-order chi connectivity index (χ1) is 10.0. The Kier molecular flexibility index (Phi) is 4.59. The van der Waals surface area contributed by atoms with Gasteiger partial charge in [-0.25, -0.2) is 4.98 Å². The fraction of sp³-hybridized carbons (Fsp3) is 0.214. The lowest BCUT2D eigenvalue weighted by Crippen LogP contribution is -2.08. The maximum absolute atomic E-state index is 5.87. The molecule has 5 N–H and O–H groups in total. The number of anilines is 3. The number of nitrogens with one attached hydrogen (secondary N) is 1. The van der Waals surface area contributed by atoms with E-state index in [2.05, 4.69) is 10.3 Å². The Balaban J connectivity index is 2.20. The first-order valence-corrected chi connectivity index (χ1v) is 6.59. The zero-order valence-corrected chi connectivity index (χ0v) is 12.6. The van der Waals surface area contributed by atoms with E-state index in [1.54, 1.807) is 20.3 Å². The lowest BCUT2D eigenvalue weighted by atomic mass is 10.2. The third kappa shape index (κ3) is 3.41. The molecule has 7 heteroatoms. The number of nitrogen functional groups attached to an aromatic ring is 2. The summed E-state index contributed by atoms with van der Waals surface area (Å²) in [6.45, 7) is 0.462. The van der Waals surface area contributed by atoms with Gasteiger partial charge < -0.3 is 26.3 Å². The van der Waals surface area contributed by atoms with E-state index in [1.165, 1.54) is 6.07 Å². The van der Waals surface area contributed by atoms with Crippen molar-refractivity contribution in [2.75, 3.05) is 31.0 Å². The number of hydrogen-bond donors (Lipinski definition) is 3. The van der Waals surface area contributed by atoms with Gasteiger partial charge >= 0.3 is 0 Å². The second kappa shape index (κ2) is 6.41. The van der Waals surface area contributed by atoms with Crippen LogP contribution in [0.1, 0.15) is 5.56 Å². The average molecular weight is 309 g/mol. The van der Waals surface area contributed by atoms with E-state index in [4.69, 9.17) is 32.5 Å². The molecule has 0 bridgehead atoms. The van der Waals surface area contributed by atoms with Crippen LogP contribution in [0, 0.1) is 0 Å². The lowest BCUT2D eigenvalue weighted by molar-refractivity contribution is 0.391. The third-order valence-electron chi connectivity index (χ3n) is 3.00. The van der Waals surface area contributed by atoms with Crippen molar-refractivity contribution in [3.05, 3.63) is 35.0 Å². The number of halogens is 1. The van der Waals surface area contributed by atoms with E-state index in [0.29, 0.717) is 29.5 Å². The molecule has 0 spiro atoms. The number of rotatable bonds is 5. The summed E-state index contributed by atoms with van der Waals surface area (Å²) in [7, 11) is 3.20. The number of nitrogens with zero attached hydrogens (tertiary/aromatic N) is 1. The van der Waals surface area contributed by atoms with Crippen molar-refractivity contribution in [1.82, 2.24) is 4.98 Å². The molecule has 6 nitrogen and oxygen atoms in total. The van der Waals surface area contributed by atoms with Crippen LogP contribution in [0.2, 0.25) is 5.15 Å². The fourth-order valence-electron chi connectivity index (χ4n) is 1.85. The van der Waals surface area contributed by atoms with Gasteiger partial charge in [-0.2, -0.15) is 0 Å². The van der Waals surface area contributed by atoms with Crippen LogP contribution in [-0.4, -0.2) is 19.2 Å². The van der Waals surface area contributed by atoms with E-state index < -0.39 is 0 Å². The van der Waals surface area contributed by atoms with Crippen LogP contribution >= 0.6 is 11.6 Å². The Morgan fingerprint density at radius 3 is 2.62 bits per heavy atom. The van der Waals surface area contributed by atoms with Crippen molar-refractivity contribution < 1.29 is 9.47 Å². The second-order valence-corrected chi connectivity index (χ2v) is 4.72. The van der Waals surface area contributed by atoms with Crippen molar-refractivity contribution >= 4 is 28.8 Å². The minimum atomic E-state index is 0.283. The second-order valence-electron chi connectivity index (χ2n) is 4.33. The number of pyridine rings is 1. The molecule has 0 radical (unpaired) electrons. The van der Waals surface area contributed by atoms with Crippen LogP contribution < -0.4 is 26.3 Å². The summed E-state index contributed by atoms with van der Waals surface area (Å²) in [5, 5.41) is 3.38. The molecule has 1 aromatic carbocycles. The first-order valence-electron chi connectivity index (χ1n) is 6.21. The number of hydrogen-bond acceptors (Lipinski definition) is 6. The van der Waals surface area contributed by atoms with Crippen LogP contribution in [-0.2, 0) is 6.54 Å². The summed E-state index contributed by atoms with van der Waals surface area (Å²) < 4.78 is 10.5. The molecule has 0 unspecified atom stereocenters. The smallest absolute Gasteiger partial charge is 0.153 e. The van der Waals surface area contributed by atoms with Gasteiger partial charge in [0.15, 0.2) is 5.82 Å². The van der Waals surface area contributed by atoms with E-state index in [0.717, 1.165) is 11.3 Å². The van der Waals surface area contributed by atoms with Gasteiger partial charge in [0.05, 0.1) is 25.6 Å². The summed E-state index contributed by atoms with van der Waals surface area (Å²) in [4.78, 5) is 4.12. The van der Waals surface area contributed by atoms with Crippen molar-refractivity contribution in [2.45, 2.75) is 6.54 Å². The van der Waals surface area contributed by atoms with Crippen LogP contribution in [0.3, 0.4) is 0 Å². The highest BCUT2D eigenvalue weighted by Crippen LogP contribution is 2.29. The highest BCUT2D eigenvalue weighted by atomic mass is 35.5. The quantitative estimate of drug-likeness (QED) is 0.735. The molecule has 1 aromatic heterocycles. The lowest BCUT2D eigenvalue weighted by Gasteiger charge is -2.13. The molecule has 0 saturated heterocycles. The molecular weight excluding hydrogens is 292 g/mol. The van der Waals surface area contributed by atoms with Gasteiger partial charge in [-0.05, 0) is 12.1 Å². The Hall–Kier alpha value is -2.34. The number of benzene rings is 1. The van der Waals surface area contributed by atoms with E-state index >= 15 is 0 Å². The number of ether oxygens (including phenoxy) is 2. The summed E-state index contributed by atoms with van der Waals surface area (Å²) in [5.74, 6) is 1.87. The average Bonchev–Trinajstić information content (AvgIpc) is 2.49. The van der Waals surface area contributed by atoms with Gasteiger partial charge in [-0.15, -0.1) is 0 Å². The summed E-state index contributed by atoms with van der Waals surface area (Å²) in [5.41, 5.74) is 13.3. The zero-order valence-electron chi connectivity index (χ0n) is 11.8.